The minimum Gasteiger partial charge on any atom is -0.357 e. The van der Waals surface area contributed by atoms with Gasteiger partial charge in [-0.15, -0.1) is 0 Å². The van der Waals surface area contributed by atoms with E-state index in [-0.39, 0.29) is 17.9 Å². The van der Waals surface area contributed by atoms with Gasteiger partial charge >= 0.3 is 6.03 Å². The van der Waals surface area contributed by atoms with E-state index >= 15 is 0 Å². The monoisotopic (exact) mass is 590 g/mol. The van der Waals surface area contributed by atoms with Gasteiger partial charge in [0.1, 0.15) is 18.1 Å². The van der Waals surface area contributed by atoms with E-state index in [2.05, 4.69) is 26.6 Å². The molecule has 1 unspecified atom stereocenters. The Hall–Kier alpha value is -3.18. The fraction of sp³-hybridized carbons (Fsp3) is 0.800. The minimum atomic E-state index is -0.986. The molecule has 0 radical (unpaired) electrons. The number of likely N-dealkylation sites (N-methyl/N-ethyl adjacent to an activating group) is 1. The van der Waals surface area contributed by atoms with E-state index in [9.17, 15) is 28.8 Å². The minimum absolute atomic E-state index is 0.0216. The highest BCUT2D eigenvalue weighted by Gasteiger charge is 2.42. The van der Waals surface area contributed by atoms with Gasteiger partial charge in [0.25, 0.3) is 5.91 Å². The predicted octanol–water partition coefficient (Wildman–Crippen LogP) is 1.52. The van der Waals surface area contributed by atoms with Crippen LogP contribution >= 0.6 is 0 Å². The number of nitrogens with zero attached hydrogens (tertiary/aromatic N) is 1. The molecular formula is C30H50N6O6. The lowest BCUT2D eigenvalue weighted by atomic mass is 9.82. The Balaban J connectivity index is 1.68. The molecule has 1 aliphatic heterocycles. The molecule has 0 spiro atoms. The Kier molecular flexibility index (Phi) is 11.8. The van der Waals surface area contributed by atoms with Crippen molar-refractivity contribution in [2.45, 2.75) is 129 Å². The highest BCUT2D eigenvalue weighted by molar-refractivity contribution is 6.38. The van der Waals surface area contributed by atoms with E-state index in [1.165, 1.54) is 4.90 Å². The van der Waals surface area contributed by atoms with Gasteiger partial charge in [-0.25, -0.2) is 4.79 Å². The Morgan fingerprint density at radius 1 is 0.833 bits per heavy atom. The first kappa shape index (κ1) is 33.3. The summed E-state index contributed by atoms with van der Waals surface area (Å²) in [6, 6.07) is -4.04. The summed E-state index contributed by atoms with van der Waals surface area (Å²) in [7, 11) is 1.55. The second-order valence-corrected chi connectivity index (χ2v) is 13.1. The molecule has 3 fully saturated rings. The lowest BCUT2D eigenvalue weighted by Crippen LogP contribution is -2.61. The third-order valence-electron chi connectivity index (χ3n) is 8.51. The number of rotatable bonds is 12. The van der Waals surface area contributed by atoms with Crippen LogP contribution in [0.5, 0.6) is 0 Å². The van der Waals surface area contributed by atoms with Crippen LogP contribution in [0, 0.1) is 11.3 Å². The molecule has 1 heterocycles. The van der Waals surface area contributed by atoms with Gasteiger partial charge in [0.15, 0.2) is 0 Å². The zero-order chi connectivity index (χ0) is 31.0. The molecule has 12 nitrogen and oxygen atoms in total. The van der Waals surface area contributed by atoms with Crippen molar-refractivity contribution in [1.82, 2.24) is 31.5 Å². The molecule has 2 saturated carbocycles. The molecule has 1 saturated heterocycles. The van der Waals surface area contributed by atoms with Gasteiger partial charge < -0.3 is 31.5 Å². The van der Waals surface area contributed by atoms with Crippen molar-refractivity contribution in [2.75, 3.05) is 13.6 Å². The van der Waals surface area contributed by atoms with Crippen LogP contribution in [0.2, 0.25) is 0 Å². The van der Waals surface area contributed by atoms with Crippen molar-refractivity contribution < 1.29 is 28.8 Å². The standard InChI is InChI=1S/C30H50N6O6/c1-6-11-20(23(37)27(40)32-19-15-16-19)33-29(42)36-17-10-14-21(36)25(38)35-24(30(2,3)4)28(41)34-22(26(39)31-5)18-12-8-7-9-13-18/h18-22,24H,6-17H2,1-5H3,(H,31,39)(H,32,40)(H,33,42)(H,34,41)(H,35,38)/t20?,21-,22+,24-/m1/s1. The predicted molar refractivity (Wildman–Crippen MR) is 157 cm³/mol. The van der Waals surface area contributed by atoms with Crippen LogP contribution in [0.4, 0.5) is 4.79 Å². The van der Waals surface area contributed by atoms with Crippen LogP contribution in [0.1, 0.15) is 98.3 Å². The average molecular weight is 591 g/mol. The van der Waals surface area contributed by atoms with E-state index in [1.807, 2.05) is 27.7 Å². The van der Waals surface area contributed by atoms with Gasteiger partial charge in [-0.05, 0) is 56.3 Å². The van der Waals surface area contributed by atoms with Gasteiger partial charge in [-0.2, -0.15) is 0 Å². The molecule has 0 bridgehead atoms. The third-order valence-corrected chi connectivity index (χ3v) is 8.51. The largest absolute Gasteiger partial charge is 0.357 e. The van der Waals surface area contributed by atoms with Crippen LogP contribution in [-0.2, 0) is 24.0 Å². The third kappa shape index (κ3) is 8.91. The van der Waals surface area contributed by atoms with E-state index in [0.29, 0.717) is 32.2 Å². The number of amides is 6. The van der Waals surface area contributed by atoms with E-state index < -0.39 is 59.1 Å². The summed E-state index contributed by atoms with van der Waals surface area (Å²) >= 11 is 0. The Morgan fingerprint density at radius 3 is 2.07 bits per heavy atom. The van der Waals surface area contributed by atoms with E-state index in [4.69, 9.17) is 0 Å². The first-order chi connectivity index (χ1) is 19.9. The molecule has 4 atom stereocenters. The van der Waals surface area contributed by atoms with Crippen molar-refractivity contribution in [3.63, 3.8) is 0 Å². The summed E-state index contributed by atoms with van der Waals surface area (Å²) in [5.74, 6) is -2.54. The van der Waals surface area contributed by atoms with Gasteiger partial charge in [-0.1, -0.05) is 53.4 Å². The molecular weight excluding hydrogens is 540 g/mol. The first-order valence-electron chi connectivity index (χ1n) is 15.6. The van der Waals surface area contributed by atoms with Crippen molar-refractivity contribution in [2.24, 2.45) is 11.3 Å². The van der Waals surface area contributed by atoms with E-state index in [0.717, 1.165) is 44.9 Å². The van der Waals surface area contributed by atoms with Gasteiger partial charge in [0, 0.05) is 19.6 Å². The second kappa shape index (κ2) is 14.8. The number of ketones is 1. The zero-order valence-electron chi connectivity index (χ0n) is 25.8. The fourth-order valence-corrected chi connectivity index (χ4v) is 5.89. The van der Waals surface area contributed by atoms with Crippen LogP contribution in [0.15, 0.2) is 0 Å². The topological polar surface area (TPSA) is 166 Å². The number of hydrogen-bond donors (Lipinski definition) is 5. The fourth-order valence-electron chi connectivity index (χ4n) is 5.89. The molecule has 42 heavy (non-hydrogen) atoms. The Morgan fingerprint density at radius 2 is 1.50 bits per heavy atom. The summed E-state index contributed by atoms with van der Waals surface area (Å²) < 4.78 is 0. The highest BCUT2D eigenvalue weighted by atomic mass is 16.2. The summed E-state index contributed by atoms with van der Waals surface area (Å²) in [5, 5.41) is 13.8. The molecule has 5 N–H and O–H groups in total. The normalized spacial score (nSPS) is 21.5. The molecule has 12 heteroatoms. The summed E-state index contributed by atoms with van der Waals surface area (Å²) in [4.78, 5) is 79.7. The molecule has 236 valence electrons. The molecule has 3 aliphatic rings. The number of carbonyl (C=O) groups excluding carboxylic acids is 6. The maximum atomic E-state index is 13.6. The summed E-state index contributed by atoms with van der Waals surface area (Å²) in [5.41, 5.74) is -0.682. The van der Waals surface area contributed by atoms with Crippen LogP contribution in [0.3, 0.4) is 0 Å². The highest BCUT2D eigenvalue weighted by Crippen LogP contribution is 2.28. The quantitative estimate of drug-likeness (QED) is 0.216. The van der Waals surface area contributed by atoms with Crippen molar-refractivity contribution >= 4 is 35.4 Å². The number of urea groups is 1. The molecule has 0 aromatic carbocycles. The summed E-state index contributed by atoms with van der Waals surface area (Å²) in [6.45, 7) is 7.66. The number of nitrogens with one attached hydrogen (secondary N) is 5. The molecule has 6 amide bonds. The summed E-state index contributed by atoms with van der Waals surface area (Å²) in [6.07, 6.45) is 8.35. The molecule has 0 aromatic heterocycles. The first-order valence-corrected chi connectivity index (χ1v) is 15.6. The lowest BCUT2D eigenvalue weighted by Gasteiger charge is -2.35. The molecule has 2 aliphatic carbocycles. The Bertz CT molecular complexity index is 1020. The van der Waals surface area contributed by atoms with Gasteiger partial charge in [0.2, 0.25) is 23.5 Å². The lowest BCUT2D eigenvalue weighted by molar-refractivity contribution is -0.139. The Labute approximate surface area is 249 Å². The average Bonchev–Trinajstić information content (AvgIpc) is 3.63. The maximum absolute atomic E-state index is 13.6. The second-order valence-electron chi connectivity index (χ2n) is 13.1. The smallest absolute Gasteiger partial charge is 0.318 e. The van der Waals surface area contributed by atoms with Crippen LogP contribution in [0.25, 0.3) is 0 Å². The van der Waals surface area contributed by atoms with Crippen molar-refractivity contribution in [1.29, 1.82) is 0 Å². The molecule has 0 aromatic rings. The van der Waals surface area contributed by atoms with Gasteiger partial charge in [0.05, 0.1) is 6.04 Å². The SMILES string of the molecule is CCCC(NC(=O)N1CCC[C@@H]1C(=O)N[C@H](C(=O)N[C@H](C(=O)NC)C1CCCCC1)C(C)(C)C)C(=O)C(=O)NC1CC1. The number of carbonyl (C=O) groups is 6. The van der Waals surface area contributed by atoms with Crippen molar-refractivity contribution in [3.8, 4) is 0 Å². The number of likely N-dealkylation sites (tertiary alicyclic amines) is 1. The number of hydrogen-bond acceptors (Lipinski definition) is 6. The molecule has 3 rings (SSSR count). The maximum Gasteiger partial charge on any atom is 0.318 e. The van der Waals surface area contributed by atoms with E-state index in [1.54, 1.807) is 7.05 Å². The van der Waals surface area contributed by atoms with Crippen molar-refractivity contribution in [3.05, 3.63) is 0 Å². The number of Topliss-reactive ketones (excluding diaryl/α,β-unsaturated/α-hetero) is 1. The van der Waals surface area contributed by atoms with Gasteiger partial charge in [-0.3, -0.25) is 24.0 Å². The van der Waals surface area contributed by atoms with Crippen LogP contribution in [-0.4, -0.2) is 84.1 Å². The van der Waals surface area contributed by atoms with Crippen LogP contribution < -0.4 is 26.6 Å². The zero-order valence-corrected chi connectivity index (χ0v) is 25.8.